The van der Waals surface area contributed by atoms with Crippen LogP contribution < -0.4 is 10.1 Å². The summed E-state index contributed by atoms with van der Waals surface area (Å²) >= 11 is 0. The van der Waals surface area contributed by atoms with Gasteiger partial charge in [-0.3, -0.25) is 0 Å². The fourth-order valence-electron chi connectivity index (χ4n) is 1.91. The van der Waals surface area contributed by atoms with Crippen molar-refractivity contribution in [3.8, 4) is 11.5 Å². The number of piperidine rings is 1. The summed E-state index contributed by atoms with van der Waals surface area (Å²) in [6.45, 7) is 2.39. The lowest BCUT2D eigenvalue weighted by atomic mass is 10.0. The first-order valence-electron chi connectivity index (χ1n) is 5.58. The maximum absolute atomic E-state index is 13.3. The Morgan fingerprint density at radius 1 is 1.50 bits per heavy atom. The van der Waals surface area contributed by atoms with Crippen LogP contribution >= 0.6 is 0 Å². The van der Waals surface area contributed by atoms with Gasteiger partial charge >= 0.3 is 0 Å². The van der Waals surface area contributed by atoms with Crippen LogP contribution in [0.25, 0.3) is 0 Å². The van der Waals surface area contributed by atoms with E-state index in [-0.39, 0.29) is 11.5 Å². The van der Waals surface area contributed by atoms with Crippen LogP contribution in [0.3, 0.4) is 0 Å². The smallest absolute Gasteiger partial charge is 0.196 e. The van der Waals surface area contributed by atoms with Crippen molar-refractivity contribution >= 4 is 0 Å². The first kappa shape index (κ1) is 11.2. The number of benzene rings is 1. The number of hydrogen-bond donors (Lipinski definition) is 2. The van der Waals surface area contributed by atoms with E-state index in [9.17, 15) is 9.50 Å². The lowest BCUT2D eigenvalue weighted by Gasteiger charge is -2.23. The quantitative estimate of drug-likeness (QED) is 0.825. The highest BCUT2D eigenvalue weighted by Gasteiger charge is 2.16. The fraction of sp³-hybridized carbons (Fsp3) is 0.500. The summed E-state index contributed by atoms with van der Waals surface area (Å²) in [7, 11) is 0. The molecule has 0 saturated carbocycles. The van der Waals surface area contributed by atoms with Gasteiger partial charge in [-0.2, -0.15) is 0 Å². The van der Waals surface area contributed by atoms with E-state index in [1.165, 1.54) is 18.2 Å². The predicted octanol–water partition coefficient (Wildman–Crippen LogP) is 1.91. The summed E-state index contributed by atoms with van der Waals surface area (Å²) < 4.78 is 18.6. The number of rotatable bonds is 3. The van der Waals surface area contributed by atoms with Crippen LogP contribution in [-0.4, -0.2) is 24.8 Å². The molecule has 2 N–H and O–H groups in total. The van der Waals surface area contributed by atoms with Crippen LogP contribution in [-0.2, 0) is 0 Å². The van der Waals surface area contributed by atoms with Crippen molar-refractivity contribution in [3.05, 3.63) is 24.0 Å². The molecule has 88 valence electrons. The lowest BCUT2D eigenvalue weighted by molar-refractivity contribution is 0.205. The Labute approximate surface area is 94.2 Å². The van der Waals surface area contributed by atoms with Gasteiger partial charge in [0.15, 0.2) is 17.3 Å². The molecule has 0 bridgehead atoms. The Kier molecular flexibility index (Phi) is 3.62. The summed E-state index contributed by atoms with van der Waals surface area (Å²) in [4.78, 5) is 0. The van der Waals surface area contributed by atoms with E-state index < -0.39 is 5.82 Å². The maximum Gasteiger partial charge on any atom is 0.196 e. The molecule has 2 rings (SSSR count). The topological polar surface area (TPSA) is 41.5 Å². The zero-order chi connectivity index (χ0) is 11.4. The minimum Gasteiger partial charge on any atom is -0.504 e. The van der Waals surface area contributed by atoms with E-state index in [4.69, 9.17) is 4.74 Å². The molecule has 1 fully saturated rings. The second kappa shape index (κ2) is 5.16. The highest BCUT2D eigenvalue weighted by atomic mass is 19.1. The maximum atomic E-state index is 13.3. The van der Waals surface area contributed by atoms with E-state index in [2.05, 4.69) is 5.32 Å². The van der Waals surface area contributed by atoms with Crippen molar-refractivity contribution < 1.29 is 14.2 Å². The number of halogens is 1. The SMILES string of the molecule is Oc1cccc(F)c1OC[C@H]1CCCNC1. The molecule has 0 amide bonds. The van der Waals surface area contributed by atoms with Gasteiger partial charge in [0.25, 0.3) is 0 Å². The average molecular weight is 225 g/mol. The summed E-state index contributed by atoms with van der Waals surface area (Å²) in [5, 5.41) is 12.7. The lowest BCUT2D eigenvalue weighted by Crippen LogP contribution is -2.33. The summed E-state index contributed by atoms with van der Waals surface area (Å²) in [5.74, 6) is -0.284. The van der Waals surface area contributed by atoms with Crippen molar-refractivity contribution in [2.24, 2.45) is 5.92 Å². The number of aromatic hydroxyl groups is 1. The number of phenolic OH excluding ortho intramolecular Hbond substituents is 1. The average Bonchev–Trinajstić information content (AvgIpc) is 2.30. The summed E-state index contributed by atoms with van der Waals surface area (Å²) in [6.07, 6.45) is 2.21. The van der Waals surface area contributed by atoms with Gasteiger partial charge in [0.2, 0.25) is 0 Å². The monoisotopic (exact) mass is 225 g/mol. The Balaban J connectivity index is 1.93. The molecular weight excluding hydrogens is 209 g/mol. The van der Waals surface area contributed by atoms with Gasteiger partial charge in [0, 0.05) is 12.5 Å². The van der Waals surface area contributed by atoms with Gasteiger partial charge in [-0.25, -0.2) is 4.39 Å². The van der Waals surface area contributed by atoms with E-state index in [0.29, 0.717) is 12.5 Å². The molecule has 1 saturated heterocycles. The number of hydrogen-bond acceptors (Lipinski definition) is 3. The standard InChI is InChI=1S/C12H16FNO2/c13-10-4-1-5-11(15)12(10)16-8-9-3-2-6-14-7-9/h1,4-5,9,14-15H,2-3,6-8H2/t9-/m0/s1. The van der Waals surface area contributed by atoms with Crippen LogP contribution in [0.1, 0.15) is 12.8 Å². The molecule has 0 aromatic heterocycles. The van der Waals surface area contributed by atoms with Crippen molar-refractivity contribution in [1.29, 1.82) is 0 Å². The molecule has 1 aromatic carbocycles. The Hall–Kier alpha value is -1.29. The van der Waals surface area contributed by atoms with Crippen LogP contribution in [0.15, 0.2) is 18.2 Å². The first-order chi connectivity index (χ1) is 7.77. The van der Waals surface area contributed by atoms with E-state index in [0.717, 1.165) is 25.9 Å². The molecular formula is C12H16FNO2. The zero-order valence-electron chi connectivity index (χ0n) is 9.08. The molecule has 3 nitrogen and oxygen atoms in total. The third-order valence-corrected chi connectivity index (χ3v) is 2.81. The minimum atomic E-state index is -0.510. The van der Waals surface area contributed by atoms with Crippen LogP contribution in [0.2, 0.25) is 0 Å². The number of nitrogens with one attached hydrogen (secondary N) is 1. The second-order valence-corrected chi connectivity index (χ2v) is 4.11. The van der Waals surface area contributed by atoms with Gasteiger partial charge in [-0.1, -0.05) is 6.07 Å². The van der Waals surface area contributed by atoms with Gasteiger partial charge in [-0.15, -0.1) is 0 Å². The minimum absolute atomic E-state index is 0.0342. The highest BCUT2D eigenvalue weighted by Crippen LogP contribution is 2.29. The van der Waals surface area contributed by atoms with Crippen LogP contribution in [0, 0.1) is 11.7 Å². The van der Waals surface area contributed by atoms with Crippen LogP contribution in [0.5, 0.6) is 11.5 Å². The molecule has 0 spiro atoms. The van der Waals surface area contributed by atoms with Crippen molar-refractivity contribution in [1.82, 2.24) is 5.32 Å². The third-order valence-electron chi connectivity index (χ3n) is 2.81. The fourth-order valence-corrected chi connectivity index (χ4v) is 1.91. The van der Waals surface area contributed by atoms with Crippen molar-refractivity contribution in [2.45, 2.75) is 12.8 Å². The number of ether oxygens (including phenoxy) is 1. The molecule has 1 heterocycles. The third kappa shape index (κ3) is 2.64. The highest BCUT2D eigenvalue weighted by molar-refractivity contribution is 5.39. The normalized spacial score (nSPS) is 20.7. The summed E-state index contributed by atoms with van der Waals surface area (Å²) in [5.41, 5.74) is 0. The number of para-hydroxylation sites is 1. The molecule has 1 aromatic rings. The largest absolute Gasteiger partial charge is 0.504 e. The van der Waals surface area contributed by atoms with Gasteiger partial charge < -0.3 is 15.2 Å². The molecule has 1 aliphatic heterocycles. The first-order valence-corrected chi connectivity index (χ1v) is 5.58. The number of phenols is 1. The molecule has 0 radical (unpaired) electrons. The molecule has 0 unspecified atom stereocenters. The second-order valence-electron chi connectivity index (χ2n) is 4.11. The Morgan fingerprint density at radius 3 is 3.06 bits per heavy atom. The van der Waals surface area contributed by atoms with E-state index in [1.54, 1.807) is 0 Å². The molecule has 16 heavy (non-hydrogen) atoms. The Bertz CT molecular complexity index is 331. The van der Waals surface area contributed by atoms with Gasteiger partial charge in [-0.05, 0) is 31.5 Å². The van der Waals surface area contributed by atoms with E-state index in [1.807, 2.05) is 0 Å². The molecule has 4 heteroatoms. The molecule has 1 aliphatic rings. The Morgan fingerprint density at radius 2 is 2.38 bits per heavy atom. The van der Waals surface area contributed by atoms with Gasteiger partial charge in [0.1, 0.15) is 0 Å². The van der Waals surface area contributed by atoms with E-state index >= 15 is 0 Å². The summed E-state index contributed by atoms with van der Waals surface area (Å²) in [6, 6.07) is 4.17. The molecule has 1 atom stereocenters. The van der Waals surface area contributed by atoms with Crippen molar-refractivity contribution in [3.63, 3.8) is 0 Å². The van der Waals surface area contributed by atoms with Crippen LogP contribution in [0.4, 0.5) is 4.39 Å². The zero-order valence-corrected chi connectivity index (χ0v) is 9.08. The van der Waals surface area contributed by atoms with Crippen molar-refractivity contribution in [2.75, 3.05) is 19.7 Å². The predicted molar refractivity (Wildman–Crippen MR) is 59.2 cm³/mol. The molecule has 0 aliphatic carbocycles. The van der Waals surface area contributed by atoms with Gasteiger partial charge in [0.05, 0.1) is 6.61 Å².